The van der Waals surface area contributed by atoms with Crippen LogP contribution < -0.4 is 9.46 Å². The molecule has 0 saturated carbocycles. The van der Waals surface area contributed by atoms with Crippen LogP contribution in [0.1, 0.15) is 6.92 Å². The highest BCUT2D eigenvalue weighted by molar-refractivity contribution is 14.1. The normalized spacial score (nSPS) is 11.6. The van der Waals surface area contributed by atoms with E-state index in [1.54, 1.807) is 24.3 Å². The molecule has 2 aromatic carbocycles. The van der Waals surface area contributed by atoms with Crippen molar-refractivity contribution in [2.45, 2.75) is 11.8 Å². The largest absolute Gasteiger partial charge is 0.494 e. The second kappa shape index (κ2) is 6.62. The second-order valence-corrected chi connectivity index (χ2v) is 8.60. The fraction of sp³-hybridized carbons (Fsp3) is 0.133. The summed E-state index contributed by atoms with van der Waals surface area (Å²) < 4.78 is 34.6. The van der Waals surface area contributed by atoms with Gasteiger partial charge >= 0.3 is 0 Å². The van der Waals surface area contributed by atoms with Crippen molar-refractivity contribution in [3.8, 4) is 5.75 Å². The molecular weight excluding hydrogens is 447 g/mol. The summed E-state index contributed by atoms with van der Waals surface area (Å²) in [7, 11) is -3.63. The Morgan fingerprint density at radius 3 is 2.65 bits per heavy atom. The average molecular weight is 460 g/mol. The van der Waals surface area contributed by atoms with Crippen molar-refractivity contribution in [3.63, 3.8) is 0 Å². The van der Waals surface area contributed by atoms with Crippen LogP contribution in [0.2, 0.25) is 0 Å². The standard InChI is InChI=1S/C15H13IN2O3S2/c1-2-21-11-5-8-13-14(9-11)22-15(17-13)18-23(19,20)12-6-3-10(16)4-7-12/h3-9H,2H2,1H3,(H,17,18). The van der Waals surface area contributed by atoms with E-state index in [2.05, 4.69) is 32.3 Å². The summed E-state index contributed by atoms with van der Waals surface area (Å²) in [4.78, 5) is 4.53. The third-order valence-electron chi connectivity index (χ3n) is 3.02. The molecule has 0 aliphatic rings. The van der Waals surface area contributed by atoms with Crippen LogP contribution in [-0.4, -0.2) is 20.0 Å². The SMILES string of the molecule is CCOc1ccc2nc(NS(=O)(=O)c3ccc(I)cc3)sc2c1. The molecule has 0 bridgehead atoms. The third kappa shape index (κ3) is 3.75. The Bertz CT molecular complexity index is 937. The summed E-state index contributed by atoms with van der Waals surface area (Å²) in [5.74, 6) is 0.746. The van der Waals surface area contributed by atoms with Crippen molar-refractivity contribution in [3.05, 3.63) is 46.0 Å². The third-order valence-corrected chi connectivity index (χ3v) is 6.15. The summed E-state index contributed by atoms with van der Waals surface area (Å²) in [6.45, 7) is 2.49. The molecule has 1 aromatic heterocycles. The van der Waals surface area contributed by atoms with Gasteiger partial charge in [-0.3, -0.25) is 4.72 Å². The Labute approximate surface area is 151 Å². The van der Waals surface area contributed by atoms with Crippen molar-refractivity contribution < 1.29 is 13.2 Å². The minimum absolute atomic E-state index is 0.215. The van der Waals surface area contributed by atoms with Gasteiger partial charge in [-0.2, -0.15) is 0 Å². The minimum atomic E-state index is -3.63. The first kappa shape index (κ1) is 16.5. The molecule has 0 saturated heterocycles. The molecule has 23 heavy (non-hydrogen) atoms. The summed E-state index contributed by atoms with van der Waals surface area (Å²) >= 11 is 3.41. The molecule has 0 radical (unpaired) electrons. The van der Waals surface area contributed by atoms with E-state index < -0.39 is 10.0 Å². The molecule has 1 heterocycles. The molecule has 0 aliphatic heterocycles. The van der Waals surface area contributed by atoms with Crippen molar-refractivity contribution in [2.75, 3.05) is 11.3 Å². The van der Waals surface area contributed by atoms with Gasteiger partial charge in [-0.1, -0.05) is 11.3 Å². The number of hydrogen-bond donors (Lipinski definition) is 1. The molecule has 0 spiro atoms. The fourth-order valence-corrected chi connectivity index (χ4v) is 4.48. The lowest BCUT2D eigenvalue weighted by Crippen LogP contribution is -2.12. The molecule has 0 fully saturated rings. The molecule has 120 valence electrons. The fourth-order valence-electron chi connectivity index (χ4n) is 1.99. The number of rotatable bonds is 5. The maximum absolute atomic E-state index is 12.4. The molecule has 3 rings (SSSR count). The number of halogens is 1. The molecule has 1 N–H and O–H groups in total. The predicted molar refractivity (Wildman–Crippen MR) is 101 cm³/mol. The van der Waals surface area contributed by atoms with Crippen molar-refractivity contribution >= 4 is 59.3 Å². The second-order valence-electron chi connectivity index (χ2n) is 4.64. The molecule has 5 nitrogen and oxygen atoms in total. The van der Waals surface area contributed by atoms with Gasteiger partial charge in [-0.15, -0.1) is 0 Å². The topological polar surface area (TPSA) is 68.3 Å². The summed E-state index contributed by atoms with van der Waals surface area (Å²) in [5.41, 5.74) is 0.735. The number of hydrogen-bond acceptors (Lipinski definition) is 5. The number of benzene rings is 2. The maximum Gasteiger partial charge on any atom is 0.263 e. The van der Waals surface area contributed by atoms with E-state index in [1.807, 2.05) is 25.1 Å². The summed E-state index contributed by atoms with van der Waals surface area (Å²) in [5, 5.41) is 0.340. The Kier molecular flexibility index (Phi) is 4.74. The molecule has 0 unspecified atom stereocenters. The zero-order valence-electron chi connectivity index (χ0n) is 12.1. The first-order valence-electron chi connectivity index (χ1n) is 6.80. The Morgan fingerprint density at radius 1 is 1.22 bits per heavy atom. The van der Waals surface area contributed by atoms with Gasteiger partial charge < -0.3 is 4.74 Å². The van der Waals surface area contributed by atoms with E-state index in [0.717, 1.165) is 19.5 Å². The molecule has 0 atom stereocenters. The van der Waals surface area contributed by atoms with E-state index in [0.29, 0.717) is 11.7 Å². The highest BCUT2D eigenvalue weighted by Crippen LogP contribution is 2.30. The summed E-state index contributed by atoms with van der Waals surface area (Å²) in [6, 6.07) is 12.2. The van der Waals surface area contributed by atoms with Crippen LogP contribution in [0.4, 0.5) is 5.13 Å². The Hall–Kier alpha value is -1.39. The van der Waals surface area contributed by atoms with E-state index in [4.69, 9.17) is 4.74 Å². The highest BCUT2D eigenvalue weighted by atomic mass is 127. The number of thiazole rings is 1. The van der Waals surface area contributed by atoms with E-state index >= 15 is 0 Å². The van der Waals surface area contributed by atoms with Crippen LogP contribution in [0, 0.1) is 3.57 Å². The first-order valence-corrected chi connectivity index (χ1v) is 10.2. The van der Waals surface area contributed by atoms with Crippen LogP contribution in [0.5, 0.6) is 5.75 Å². The van der Waals surface area contributed by atoms with Gasteiger partial charge in [-0.25, -0.2) is 13.4 Å². The zero-order chi connectivity index (χ0) is 16.4. The van der Waals surface area contributed by atoms with E-state index in [9.17, 15) is 8.42 Å². The quantitative estimate of drug-likeness (QED) is 0.583. The van der Waals surface area contributed by atoms with Crippen molar-refractivity contribution in [2.24, 2.45) is 0 Å². The van der Waals surface area contributed by atoms with Gasteiger partial charge in [0, 0.05) is 3.57 Å². The van der Waals surface area contributed by atoms with Gasteiger partial charge in [0.15, 0.2) is 5.13 Å². The van der Waals surface area contributed by atoms with E-state index in [-0.39, 0.29) is 4.90 Å². The Morgan fingerprint density at radius 2 is 1.96 bits per heavy atom. The van der Waals surface area contributed by atoms with Crippen LogP contribution >= 0.6 is 33.9 Å². The van der Waals surface area contributed by atoms with Gasteiger partial charge in [0.05, 0.1) is 21.7 Å². The van der Waals surface area contributed by atoms with E-state index in [1.165, 1.54) is 11.3 Å². The monoisotopic (exact) mass is 460 g/mol. The smallest absolute Gasteiger partial charge is 0.263 e. The zero-order valence-corrected chi connectivity index (χ0v) is 15.9. The molecule has 3 aromatic rings. The maximum atomic E-state index is 12.4. The van der Waals surface area contributed by atoms with Crippen molar-refractivity contribution in [1.29, 1.82) is 0 Å². The number of sulfonamides is 1. The minimum Gasteiger partial charge on any atom is -0.494 e. The molecule has 0 aliphatic carbocycles. The molecular formula is C15H13IN2O3S2. The van der Waals surface area contributed by atoms with Crippen LogP contribution in [0.25, 0.3) is 10.2 Å². The molecule has 8 heteroatoms. The lowest BCUT2D eigenvalue weighted by atomic mass is 10.3. The first-order chi connectivity index (χ1) is 11.0. The lowest BCUT2D eigenvalue weighted by molar-refractivity contribution is 0.341. The number of nitrogens with one attached hydrogen (secondary N) is 1. The van der Waals surface area contributed by atoms with Gasteiger partial charge in [0.1, 0.15) is 5.75 Å². The van der Waals surface area contributed by atoms with Crippen LogP contribution in [0.15, 0.2) is 47.4 Å². The Balaban J connectivity index is 1.89. The highest BCUT2D eigenvalue weighted by Gasteiger charge is 2.16. The van der Waals surface area contributed by atoms with Crippen molar-refractivity contribution in [1.82, 2.24) is 4.98 Å². The van der Waals surface area contributed by atoms with Gasteiger partial charge in [0.2, 0.25) is 0 Å². The number of ether oxygens (including phenoxy) is 1. The number of aromatic nitrogens is 1. The predicted octanol–water partition coefficient (Wildman–Crippen LogP) is 4.10. The number of fused-ring (bicyclic) bond motifs is 1. The average Bonchev–Trinajstić information content (AvgIpc) is 2.88. The number of anilines is 1. The summed E-state index contributed by atoms with van der Waals surface area (Å²) in [6.07, 6.45) is 0. The number of nitrogens with zero attached hydrogens (tertiary/aromatic N) is 1. The van der Waals surface area contributed by atoms with Crippen LogP contribution in [-0.2, 0) is 10.0 Å². The lowest BCUT2D eigenvalue weighted by Gasteiger charge is -2.04. The van der Waals surface area contributed by atoms with Gasteiger partial charge in [0.25, 0.3) is 10.0 Å². The van der Waals surface area contributed by atoms with Gasteiger partial charge in [-0.05, 0) is 72.0 Å². The van der Waals surface area contributed by atoms with Crippen LogP contribution in [0.3, 0.4) is 0 Å². The molecule has 0 amide bonds.